The van der Waals surface area contributed by atoms with Crippen LogP contribution in [0.5, 0.6) is 0 Å². The first kappa shape index (κ1) is 16.1. The standard InChI is InChI=1S/C20H25N2OP/c23-24-21(15-17-9-3-1-4-10-17)19-13-7-8-14-20(19)22(24)16-18-11-5-2-6-12-18/h1-6,9-12,19-20,24H,7-8,13-16H2/t19-,20-/m1/s1. The fraction of sp³-hybridized carbons (Fsp3) is 0.400. The Hall–Kier alpha value is -1.41. The van der Waals surface area contributed by atoms with Gasteiger partial charge in [-0.05, 0) is 24.0 Å². The Balaban J connectivity index is 1.57. The summed E-state index contributed by atoms with van der Waals surface area (Å²) >= 11 is 0. The molecule has 2 aromatic carbocycles. The third-order valence-electron chi connectivity index (χ3n) is 5.38. The van der Waals surface area contributed by atoms with Crippen LogP contribution in [0.4, 0.5) is 0 Å². The molecule has 126 valence electrons. The van der Waals surface area contributed by atoms with Crippen LogP contribution in [0.1, 0.15) is 36.8 Å². The number of fused-ring (bicyclic) bond motifs is 1. The second kappa shape index (κ2) is 7.23. The van der Waals surface area contributed by atoms with E-state index in [0.29, 0.717) is 12.1 Å². The van der Waals surface area contributed by atoms with Crippen molar-refractivity contribution in [1.29, 1.82) is 0 Å². The summed E-state index contributed by atoms with van der Waals surface area (Å²) in [5.74, 6) is 0. The number of hydrogen-bond donors (Lipinski definition) is 0. The van der Waals surface area contributed by atoms with Crippen molar-refractivity contribution in [3.05, 3.63) is 71.8 Å². The predicted octanol–water partition coefficient (Wildman–Crippen LogP) is 4.71. The molecule has 1 saturated carbocycles. The molecule has 1 heterocycles. The van der Waals surface area contributed by atoms with E-state index < -0.39 is 8.10 Å². The monoisotopic (exact) mass is 340 g/mol. The van der Waals surface area contributed by atoms with Gasteiger partial charge < -0.3 is 0 Å². The maximum absolute atomic E-state index is 13.3. The van der Waals surface area contributed by atoms with Gasteiger partial charge in [-0.2, -0.15) is 0 Å². The molecule has 2 aliphatic rings. The molecule has 0 N–H and O–H groups in total. The Labute approximate surface area is 145 Å². The minimum Gasteiger partial charge on any atom is -0.292 e. The summed E-state index contributed by atoms with van der Waals surface area (Å²) in [6.07, 6.45) is 4.89. The zero-order chi connectivity index (χ0) is 16.4. The third kappa shape index (κ3) is 3.21. The maximum Gasteiger partial charge on any atom is 0.206 e. The van der Waals surface area contributed by atoms with E-state index >= 15 is 0 Å². The van der Waals surface area contributed by atoms with E-state index in [1.165, 1.54) is 36.8 Å². The van der Waals surface area contributed by atoms with Crippen LogP contribution in [-0.4, -0.2) is 21.4 Å². The van der Waals surface area contributed by atoms with E-state index in [9.17, 15) is 4.57 Å². The SMILES string of the molecule is O=[PH]1N(Cc2ccccc2)[C@@H]2CCCC[C@H]2N1Cc1ccccc1. The predicted molar refractivity (Wildman–Crippen MR) is 99.0 cm³/mol. The first-order chi connectivity index (χ1) is 11.8. The van der Waals surface area contributed by atoms with Gasteiger partial charge in [0, 0.05) is 25.2 Å². The van der Waals surface area contributed by atoms with Gasteiger partial charge in [0.15, 0.2) is 0 Å². The van der Waals surface area contributed by atoms with Crippen LogP contribution in [0.25, 0.3) is 0 Å². The quantitative estimate of drug-likeness (QED) is 0.754. The lowest BCUT2D eigenvalue weighted by Gasteiger charge is -2.31. The zero-order valence-electron chi connectivity index (χ0n) is 14.0. The molecular weight excluding hydrogens is 315 g/mol. The van der Waals surface area contributed by atoms with Crippen LogP contribution in [-0.2, 0) is 17.7 Å². The molecule has 1 saturated heterocycles. The second-order valence-electron chi connectivity index (χ2n) is 6.93. The maximum atomic E-state index is 13.3. The first-order valence-electron chi connectivity index (χ1n) is 8.98. The van der Waals surface area contributed by atoms with Gasteiger partial charge in [-0.1, -0.05) is 73.5 Å². The molecule has 0 amide bonds. The molecule has 0 aromatic heterocycles. The molecule has 4 rings (SSSR count). The Morgan fingerprint density at radius 2 is 1.17 bits per heavy atom. The summed E-state index contributed by atoms with van der Waals surface area (Å²) < 4.78 is 17.9. The molecule has 1 aliphatic heterocycles. The summed E-state index contributed by atoms with van der Waals surface area (Å²) in [7, 11) is -1.89. The number of rotatable bonds is 4. The lowest BCUT2D eigenvalue weighted by atomic mass is 9.90. The van der Waals surface area contributed by atoms with Crippen molar-refractivity contribution in [1.82, 2.24) is 9.34 Å². The van der Waals surface area contributed by atoms with Crippen molar-refractivity contribution in [2.75, 3.05) is 0 Å². The molecule has 1 aliphatic carbocycles. The summed E-state index contributed by atoms with van der Waals surface area (Å²) in [6, 6.07) is 21.9. The van der Waals surface area contributed by atoms with E-state index in [1.54, 1.807) is 0 Å². The summed E-state index contributed by atoms with van der Waals surface area (Å²) in [6.45, 7) is 1.62. The molecule has 24 heavy (non-hydrogen) atoms. The van der Waals surface area contributed by atoms with E-state index in [-0.39, 0.29) is 0 Å². The van der Waals surface area contributed by atoms with Crippen LogP contribution in [0.2, 0.25) is 0 Å². The highest BCUT2D eigenvalue weighted by atomic mass is 31.1. The van der Waals surface area contributed by atoms with Crippen LogP contribution in [0, 0.1) is 0 Å². The Bertz CT molecular complexity index is 632. The van der Waals surface area contributed by atoms with Crippen LogP contribution >= 0.6 is 8.10 Å². The van der Waals surface area contributed by atoms with Crippen molar-refractivity contribution < 1.29 is 4.57 Å². The minimum absolute atomic E-state index is 0.453. The van der Waals surface area contributed by atoms with E-state index in [1.807, 2.05) is 12.1 Å². The average Bonchev–Trinajstić information content (AvgIpc) is 2.90. The second-order valence-corrected chi connectivity index (χ2v) is 8.64. The fourth-order valence-electron chi connectivity index (χ4n) is 4.20. The van der Waals surface area contributed by atoms with Gasteiger partial charge in [-0.15, -0.1) is 0 Å². The highest BCUT2D eigenvalue weighted by Crippen LogP contribution is 2.51. The van der Waals surface area contributed by atoms with Crippen molar-refractivity contribution in [2.45, 2.75) is 50.9 Å². The molecule has 0 bridgehead atoms. The van der Waals surface area contributed by atoms with Crippen LogP contribution in [0.15, 0.2) is 60.7 Å². The van der Waals surface area contributed by atoms with Crippen LogP contribution < -0.4 is 0 Å². The summed E-state index contributed by atoms with van der Waals surface area (Å²) in [4.78, 5) is 0. The highest BCUT2D eigenvalue weighted by Gasteiger charge is 2.45. The molecular formula is C20H25N2OP. The van der Waals surface area contributed by atoms with E-state index in [2.05, 4.69) is 57.9 Å². The average molecular weight is 340 g/mol. The van der Waals surface area contributed by atoms with Gasteiger partial charge in [0.2, 0.25) is 8.10 Å². The number of benzene rings is 2. The van der Waals surface area contributed by atoms with Gasteiger partial charge in [0.05, 0.1) is 0 Å². The number of nitrogens with zero attached hydrogens (tertiary/aromatic N) is 2. The molecule has 2 atom stereocenters. The lowest BCUT2D eigenvalue weighted by molar-refractivity contribution is 0.197. The molecule has 3 nitrogen and oxygen atoms in total. The molecule has 4 heteroatoms. The van der Waals surface area contributed by atoms with Gasteiger partial charge in [0.1, 0.15) is 0 Å². The van der Waals surface area contributed by atoms with Crippen molar-refractivity contribution in [2.24, 2.45) is 0 Å². The van der Waals surface area contributed by atoms with Gasteiger partial charge in [0.25, 0.3) is 0 Å². The zero-order valence-corrected chi connectivity index (χ0v) is 15.0. The topological polar surface area (TPSA) is 23.6 Å². The van der Waals surface area contributed by atoms with Crippen molar-refractivity contribution in [3.63, 3.8) is 0 Å². The van der Waals surface area contributed by atoms with Gasteiger partial charge in [-0.3, -0.25) is 4.57 Å². The van der Waals surface area contributed by atoms with Crippen molar-refractivity contribution >= 4 is 8.10 Å². The molecule has 0 unspecified atom stereocenters. The first-order valence-corrected chi connectivity index (χ1v) is 10.3. The summed E-state index contributed by atoms with van der Waals surface area (Å²) in [5.41, 5.74) is 2.53. The Morgan fingerprint density at radius 3 is 1.58 bits per heavy atom. The smallest absolute Gasteiger partial charge is 0.206 e. The van der Waals surface area contributed by atoms with E-state index in [0.717, 1.165) is 13.1 Å². The normalized spacial score (nSPS) is 25.7. The van der Waals surface area contributed by atoms with Crippen LogP contribution in [0.3, 0.4) is 0 Å². The Kier molecular flexibility index (Phi) is 4.84. The van der Waals surface area contributed by atoms with E-state index in [4.69, 9.17) is 0 Å². The Morgan fingerprint density at radius 1 is 0.750 bits per heavy atom. The molecule has 0 spiro atoms. The highest BCUT2D eigenvalue weighted by molar-refractivity contribution is 7.39. The minimum atomic E-state index is -1.89. The molecule has 0 radical (unpaired) electrons. The third-order valence-corrected chi connectivity index (χ3v) is 7.34. The largest absolute Gasteiger partial charge is 0.292 e. The lowest BCUT2D eigenvalue weighted by Crippen LogP contribution is -2.39. The molecule has 2 aromatic rings. The summed E-state index contributed by atoms with van der Waals surface area (Å²) in [5, 5.41) is 0. The van der Waals surface area contributed by atoms with Gasteiger partial charge in [-0.25, -0.2) is 9.34 Å². The molecule has 2 fully saturated rings. The van der Waals surface area contributed by atoms with Crippen molar-refractivity contribution in [3.8, 4) is 0 Å². The fourth-order valence-corrected chi connectivity index (χ4v) is 6.33. The number of hydrogen-bond acceptors (Lipinski definition) is 1. The van der Waals surface area contributed by atoms with Gasteiger partial charge >= 0.3 is 0 Å².